The maximum Gasteiger partial charge on any atom is 0.312 e. The summed E-state index contributed by atoms with van der Waals surface area (Å²) >= 11 is 1.62. The minimum Gasteiger partial charge on any atom is -0.481 e. The van der Waals surface area contributed by atoms with Gasteiger partial charge in [0.2, 0.25) is 0 Å². The van der Waals surface area contributed by atoms with Crippen LogP contribution in [0.3, 0.4) is 0 Å². The smallest absolute Gasteiger partial charge is 0.312 e. The van der Waals surface area contributed by atoms with Crippen LogP contribution in [-0.4, -0.2) is 25.8 Å². The predicted molar refractivity (Wildman–Crippen MR) is 77.0 cm³/mol. The molecule has 0 saturated carbocycles. The third-order valence-corrected chi connectivity index (χ3v) is 4.89. The van der Waals surface area contributed by atoms with E-state index >= 15 is 0 Å². The maximum absolute atomic E-state index is 11.3. The van der Waals surface area contributed by atoms with Crippen LogP contribution in [0.2, 0.25) is 0 Å². The van der Waals surface area contributed by atoms with E-state index in [2.05, 4.69) is 17.0 Å². The van der Waals surface area contributed by atoms with Gasteiger partial charge in [0.25, 0.3) is 0 Å². The highest BCUT2D eigenvalue weighted by Gasteiger charge is 2.30. The van der Waals surface area contributed by atoms with Gasteiger partial charge in [0.1, 0.15) is 5.01 Å². The van der Waals surface area contributed by atoms with Crippen molar-refractivity contribution in [2.45, 2.75) is 38.5 Å². The first-order valence-corrected chi connectivity index (χ1v) is 7.67. The topological polar surface area (TPSA) is 68.0 Å². The predicted octanol–water partition coefficient (Wildman–Crippen LogP) is 2.61. The molecule has 20 heavy (non-hydrogen) atoms. The van der Waals surface area contributed by atoms with Crippen LogP contribution in [0.15, 0.2) is 6.20 Å². The minimum absolute atomic E-state index is 0.439. The summed E-state index contributed by atoms with van der Waals surface area (Å²) < 4.78 is 1.79. The summed E-state index contributed by atoms with van der Waals surface area (Å²) in [4.78, 5) is 17.1. The summed E-state index contributed by atoms with van der Waals surface area (Å²) in [5.74, 6) is -1.20. The highest BCUT2D eigenvalue weighted by Crippen LogP contribution is 2.39. The number of aryl methyl sites for hydroxylation is 3. The second-order valence-electron chi connectivity index (χ2n) is 5.13. The molecule has 0 amide bonds. The summed E-state index contributed by atoms with van der Waals surface area (Å²) in [6, 6.07) is 0. The van der Waals surface area contributed by atoms with Crippen molar-refractivity contribution < 1.29 is 9.90 Å². The Balaban J connectivity index is 2.06. The number of hydrogen-bond acceptors (Lipinski definition) is 4. The van der Waals surface area contributed by atoms with Crippen LogP contribution in [0.4, 0.5) is 0 Å². The zero-order chi connectivity index (χ0) is 14.3. The van der Waals surface area contributed by atoms with E-state index in [9.17, 15) is 9.90 Å². The van der Waals surface area contributed by atoms with Gasteiger partial charge in [-0.2, -0.15) is 5.10 Å². The van der Waals surface area contributed by atoms with Crippen molar-refractivity contribution in [1.29, 1.82) is 0 Å². The van der Waals surface area contributed by atoms with E-state index in [0.29, 0.717) is 6.42 Å². The lowest BCUT2D eigenvalue weighted by atomic mass is 9.91. The van der Waals surface area contributed by atoms with Crippen molar-refractivity contribution in [2.24, 2.45) is 7.05 Å². The molecule has 1 aliphatic rings. The Morgan fingerprint density at radius 2 is 2.40 bits per heavy atom. The second kappa shape index (κ2) is 5.01. The van der Waals surface area contributed by atoms with Crippen LogP contribution in [0.5, 0.6) is 0 Å². The first kappa shape index (κ1) is 13.3. The molecular weight excluding hydrogens is 274 g/mol. The van der Waals surface area contributed by atoms with Crippen molar-refractivity contribution in [3.05, 3.63) is 22.5 Å². The molecule has 0 saturated heterocycles. The number of nitrogens with zero attached hydrogens (tertiary/aromatic N) is 3. The number of aliphatic carboxylic acids is 1. The molecule has 0 aromatic carbocycles. The molecule has 2 aromatic heterocycles. The monoisotopic (exact) mass is 291 g/mol. The van der Waals surface area contributed by atoms with Gasteiger partial charge in [-0.25, -0.2) is 4.98 Å². The van der Waals surface area contributed by atoms with E-state index in [1.165, 1.54) is 0 Å². The molecule has 0 aliphatic heterocycles. The van der Waals surface area contributed by atoms with E-state index in [-0.39, 0.29) is 0 Å². The van der Waals surface area contributed by atoms with Gasteiger partial charge in [-0.05, 0) is 25.7 Å². The van der Waals surface area contributed by atoms with E-state index < -0.39 is 11.9 Å². The fraction of sp³-hybridized carbons (Fsp3) is 0.500. The highest BCUT2D eigenvalue weighted by atomic mass is 32.1. The van der Waals surface area contributed by atoms with Crippen molar-refractivity contribution in [2.75, 3.05) is 0 Å². The molecule has 1 aliphatic carbocycles. The molecule has 106 valence electrons. The zero-order valence-electron chi connectivity index (χ0n) is 11.6. The molecule has 2 aromatic rings. The fourth-order valence-corrected chi connectivity index (χ4v) is 3.95. The molecule has 5 nitrogen and oxygen atoms in total. The molecule has 1 atom stereocenters. The maximum atomic E-state index is 11.3. The second-order valence-corrected chi connectivity index (χ2v) is 6.21. The Kier molecular flexibility index (Phi) is 3.33. The van der Waals surface area contributed by atoms with Gasteiger partial charge < -0.3 is 5.11 Å². The zero-order valence-corrected chi connectivity index (χ0v) is 12.4. The molecule has 0 bridgehead atoms. The molecule has 1 unspecified atom stereocenters. The van der Waals surface area contributed by atoms with E-state index in [1.54, 1.807) is 16.0 Å². The summed E-state index contributed by atoms with van der Waals surface area (Å²) in [5, 5.41) is 14.7. The average Bonchev–Trinajstić information content (AvgIpc) is 3.00. The van der Waals surface area contributed by atoms with Crippen LogP contribution in [0, 0.1) is 0 Å². The first-order valence-electron chi connectivity index (χ1n) is 6.85. The van der Waals surface area contributed by atoms with E-state index in [0.717, 1.165) is 46.1 Å². The molecule has 0 fully saturated rings. The third kappa shape index (κ3) is 2.14. The quantitative estimate of drug-likeness (QED) is 0.944. The number of carboxylic acids is 1. The number of fused-ring (bicyclic) bond motifs is 1. The number of carbonyl (C=O) groups is 1. The van der Waals surface area contributed by atoms with Crippen molar-refractivity contribution in [3.63, 3.8) is 0 Å². The van der Waals surface area contributed by atoms with Crippen molar-refractivity contribution >= 4 is 17.3 Å². The Labute approximate surface area is 121 Å². The normalized spacial score (nSPS) is 18.0. The van der Waals surface area contributed by atoms with Crippen LogP contribution in [0.1, 0.15) is 41.9 Å². The molecular formula is C14H17N3O2S. The molecule has 0 radical (unpaired) electrons. The Bertz CT molecular complexity index is 659. The first-order chi connectivity index (χ1) is 9.60. The standard InChI is InChI=1S/C14H17N3O2S/c1-3-10-9(7-17(2)16-10)13-15-12-8(14(18)19)5-4-6-11(12)20-13/h7-8H,3-6H2,1-2H3,(H,18,19). The fourth-order valence-electron chi connectivity index (χ4n) is 2.75. The summed E-state index contributed by atoms with van der Waals surface area (Å²) in [5.41, 5.74) is 2.83. The van der Waals surface area contributed by atoms with Gasteiger partial charge in [0, 0.05) is 18.1 Å². The van der Waals surface area contributed by atoms with E-state index in [1.807, 2.05) is 13.2 Å². The Morgan fingerprint density at radius 3 is 3.10 bits per heavy atom. The molecule has 1 N–H and O–H groups in total. The largest absolute Gasteiger partial charge is 0.481 e. The van der Waals surface area contributed by atoms with Crippen LogP contribution >= 0.6 is 11.3 Å². The van der Waals surface area contributed by atoms with Gasteiger partial charge in [-0.3, -0.25) is 9.48 Å². The number of hydrogen-bond donors (Lipinski definition) is 1. The van der Waals surface area contributed by atoms with Crippen LogP contribution < -0.4 is 0 Å². The minimum atomic E-state index is -0.760. The summed E-state index contributed by atoms with van der Waals surface area (Å²) in [7, 11) is 1.90. The molecule has 2 heterocycles. The SMILES string of the molecule is CCc1nn(C)cc1-c1nc2c(s1)CCCC2C(=O)O. The summed E-state index contributed by atoms with van der Waals surface area (Å²) in [6.07, 6.45) is 5.39. The lowest BCUT2D eigenvalue weighted by Gasteiger charge is -2.16. The number of rotatable bonds is 3. The highest BCUT2D eigenvalue weighted by molar-refractivity contribution is 7.15. The van der Waals surface area contributed by atoms with Gasteiger partial charge >= 0.3 is 5.97 Å². The lowest BCUT2D eigenvalue weighted by molar-refractivity contribution is -0.139. The van der Waals surface area contributed by atoms with Gasteiger partial charge in [0.15, 0.2) is 0 Å². The number of aromatic nitrogens is 3. The van der Waals surface area contributed by atoms with Gasteiger partial charge in [-0.1, -0.05) is 6.92 Å². The summed E-state index contributed by atoms with van der Waals surface area (Å²) in [6.45, 7) is 2.07. The Morgan fingerprint density at radius 1 is 1.60 bits per heavy atom. The van der Waals surface area contributed by atoms with Gasteiger partial charge in [0.05, 0.1) is 22.9 Å². The van der Waals surface area contributed by atoms with Crippen molar-refractivity contribution in [1.82, 2.24) is 14.8 Å². The third-order valence-electron chi connectivity index (χ3n) is 3.72. The lowest BCUT2D eigenvalue weighted by Crippen LogP contribution is -2.17. The molecule has 0 spiro atoms. The van der Waals surface area contributed by atoms with Crippen molar-refractivity contribution in [3.8, 4) is 10.6 Å². The number of thiazole rings is 1. The van der Waals surface area contributed by atoms with Crippen LogP contribution in [0.25, 0.3) is 10.6 Å². The Hall–Kier alpha value is -1.69. The molecule has 3 rings (SSSR count). The molecule has 6 heteroatoms. The van der Waals surface area contributed by atoms with Gasteiger partial charge in [-0.15, -0.1) is 11.3 Å². The van der Waals surface area contributed by atoms with Crippen LogP contribution in [-0.2, 0) is 24.7 Å². The average molecular weight is 291 g/mol. The van der Waals surface area contributed by atoms with E-state index in [4.69, 9.17) is 0 Å². The number of carboxylic acid groups (broad SMARTS) is 1.